The average Bonchev–Trinajstić information content (AvgIpc) is 3.31. The highest BCUT2D eigenvalue weighted by molar-refractivity contribution is 5.95. The lowest BCUT2D eigenvalue weighted by molar-refractivity contribution is -0.118. The number of carbonyl (C=O) groups is 2. The minimum absolute atomic E-state index is 0.0725. The van der Waals surface area contributed by atoms with Crippen LogP contribution in [-0.4, -0.2) is 49.6 Å². The van der Waals surface area contributed by atoms with Crippen molar-refractivity contribution in [3.8, 4) is 11.5 Å². The van der Waals surface area contributed by atoms with Crippen molar-refractivity contribution in [2.75, 3.05) is 32.1 Å². The van der Waals surface area contributed by atoms with Crippen LogP contribution in [-0.2, 0) is 11.3 Å². The molecule has 7 nitrogen and oxygen atoms in total. The molecule has 0 saturated carbocycles. The van der Waals surface area contributed by atoms with Gasteiger partial charge in [0.15, 0.2) is 18.1 Å². The summed E-state index contributed by atoms with van der Waals surface area (Å²) in [4.78, 5) is 27.3. The summed E-state index contributed by atoms with van der Waals surface area (Å²) >= 11 is 0. The molecule has 1 atom stereocenters. The molecule has 0 spiro atoms. The van der Waals surface area contributed by atoms with Gasteiger partial charge in [-0.1, -0.05) is 30.3 Å². The van der Waals surface area contributed by atoms with Gasteiger partial charge in [-0.15, -0.1) is 0 Å². The van der Waals surface area contributed by atoms with E-state index in [1.54, 1.807) is 18.2 Å². The van der Waals surface area contributed by atoms with Gasteiger partial charge in [-0.25, -0.2) is 4.39 Å². The lowest BCUT2D eigenvalue weighted by atomic mass is 10.1. The highest BCUT2D eigenvalue weighted by atomic mass is 19.1. The number of rotatable bonds is 9. The molecule has 0 radical (unpaired) electrons. The van der Waals surface area contributed by atoms with Crippen LogP contribution in [0.25, 0.3) is 0 Å². The summed E-state index contributed by atoms with van der Waals surface area (Å²) in [5, 5.41) is 5.72. The summed E-state index contributed by atoms with van der Waals surface area (Å²) < 4.78 is 23.9. The first-order valence-corrected chi connectivity index (χ1v) is 11.4. The van der Waals surface area contributed by atoms with E-state index in [-0.39, 0.29) is 24.4 Å². The highest BCUT2D eigenvalue weighted by Crippen LogP contribution is 2.28. The van der Waals surface area contributed by atoms with E-state index >= 15 is 0 Å². The van der Waals surface area contributed by atoms with Gasteiger partial charge in [0.25, 0.3) is 11.8 Å². The summed E-state index contributed by atoms with van der Waals surface area (Å²) in [7, 11) is 1.47. The third kappa shape index (κ3) is 6.80. The number of halogens is 1. The summed E-state index contributed by atoms with van der Waals surface area (Å²) in [5.41, 5.74) is 2.17. The smallest absolute Gasteiger partial charge is 0.262 e. The Labute approximate surface area is 203 Å². The standard InChI is InChI=1S/C27H28FN3O4/c1-34-25-15-20(7-12-24(25)35-18-26(32)29-22-10-8-21(28)9-11-22)27(33)30-23-13-14-31(17-23)16-19-5-3-2-4-6-19/h2-12,15,23H,13-14,16-18H2,1H3,(H,29,32)(H,30,33)/t23-/m1/s1. The summed E-state index contributed by atoms with van der Waals surface area (Å²) in [6, 6.07) is 20.6. The van der Waals surface area contributed by atoms with Gasteiger partial charge < -0.3 is 20.1 Å². The quantitative estimate of drug-likeness (QED) is 0.489. The van der Waals surface area contributed by atoms with Gasteiger partial charge in [-0.3, -0.25) is 14.5 Å². The van der Waals surface area contributed by atoms with Crippen molar-refractivity contribution in [2.24, 2.45) is 0 Å². The van der Waals surface area contributed by atoms with Gasteiger partial charge in [0.2, 0.25) is 0 Å². The fourth-order valence-electron chi connectivity index (χ4n) is 4.01. The first kappa shape index (κ1) is 24.2. The second-order valence-corrected chi connectivity index (χ2v) is 8.39. The largest absolute Gasteiger partial charge is 0.493 e. The van der Waals surface area contributed by atoms with Crippen LogP contribution in [0.1, 0.15) is 22.3 Å². The van der Waals surface area contributed by atoms with Gasteiger partial charge >= 0.3 is 0 Å². The third-order valence-electron chi connectivity index (χ3n) is 5.77. The number of amides is 2. The normalized spacial score (nSPS) is 15.4. The molecule has 1 aliphatic heterocycles. The van der Waals surface area contributed by atoms with Crippen molar-refractivity contribution in [3.05, 3.63) is 89.7 Å². The SMILES string of the molecule is COc1cc(C(=O)N[C@@H]2CCN(Cc3ccccc3)C2)ccc1OCC(=O)Nc1ccc(F)cc1. The molecule has 1 saturated heterocycles. The highest BCUT2D eigenvalue weighted by Gasteiger charge is 2.24. The maximum Gasteiger partial charge on any atom is 0.262 e. The molecule has 182 valence electrons. The number of hydrogen-bond donors (Lipinski definition) is 2. The van der Waals surface area contributed by atoms with E-state index in [0.717, 1.165) is 26.1 Å². The van der Waals surface area contributed by atoms with Crippen LogP contribution in [0.5, 0.6) is 11.5 Å². The molecule has 1 heterocycles. The Kier molecular flexibility index (Phi) is 7.95. The second kappa shape index (κ2) is 11.5. The molecular weight excluding hydrogens is 449 g/mol. The Morgan fingerprint density at radius 3 is 2.54 bits per heavy atom. The number of benzene rings is 3. The zero-order chi connectivity index (χ0) is 24.6. The van der Waals surface area contributed by atoms with Crippen LogP contribution < -0.4 is 20.1 Å². The number of hydrogen-bond acceptors (Lipinski definition) is 5. The van der Waals surface area contributed by atoms with Crippen LogP contribution in [0.2, 0.25) is 0 Å². The predicted octanol–water partition coefficient (Wildman–Crippen LogP) is 3.86. The van der Waals surface area contributed by atoms with Gasteiger partial charge in [-0.05, 0) is 54.4 Å². The van der Waals surface area contributed by atoms with Crippen molar-refractivity contribution < 1.29 is 23.5 Å². The maximum atomic E-state index is 13.0. The number of methoxy groups -OCH3 is 1. The molecule has 0 aromatic heterocycles. The molecule has 0 aliphatic carbocycles. The Bertz CT molecular complexity index is 1150. The van der Waals surface area contributed by atoms with Gasteiger partial charge in [-0.2, -0.15) is 0 Å². The Morgan fingerprint density at radius 1 is 1.03 bits per heavy atom. The molecular formula is C27H28FN3O4. The van der Waals surface area contributed by atoms with E-state index in [1.165, 1.54) is 36.9 Å². The first-order chi connectivity index (χ1) is 17.0. The van der Waals surface area contributed by atoms with Gasteiger partial charge in [0, 0.05) is 36.9 Å². The van der Waals surface area contributed by atoms with E-state index in [0.29, 0.717) is 22.7 Å². The molecule has 4 rings (SSSR count). The Hall–Kier alpha value is -3.91. The summed E-state index contributed by atoms with van der Waals surface area (Å²) in [6.07, 6.45) is 0.889. The number of ether oxygens (including phenoxy) is 2. The molecule has 2 N–H and O–H groups in total. The summed E-state index contributed by atoms with van der Waals surface area (Å²) in [5.74, 6) is -0.277. The molecule has 0 bridgehead atoms. The van der Waals surface area contributed by atoms with Crippen molar-refractivity contribution >= 4 is 17.5 Å². The average molecular weight is 478 g/mol. The van der Waals surface area contributed by atoms with Crippen molar-refractivity contribution in [1.82, 2.24) is 10.2 Å². The molecule has 35 heavy (non-hydrogen) atoms. The van der Waals surface area contributed by atoms with Gasteiger partial charge in [0.05, 0.1) is 7.11 Å². The fraction of sp³-hybridized carbons (Fsp3) is 0.259. The second-order valence-electron chi connectivity index (χ2n) is 8.39. The van der Waals surface area contributed by atoms with Crippen molar-refractivity contribution in [2.45, 2.75) is 19.0 Å². The third-order valence-corrected chi connectivity index (χ3v) is 5.77. The zero-order valence-electron chi connectivity index (χ0n) is 19.5. The zero-order valence-corrected chi connectivity index (χ0v) is 19.5. The van der Waals surface area contributed by atoms with Crippen LogP contribution in [0.4, 0.5) is 10.1 Å². The molecule has 1 aliphatic rings. The Morgan fingerprint density at radius 2 is 1.80 bits per heavy atom. The first-order valence-electron chi connectivity index (χ1n) is 11.4. The lowest BCUT2D eigenvalue weighted by Crippen LogP contribution is -2.37. The van der Waals surface area contributed by atoms with Crippen LogP contribution >= 0.6 is 0 Å². The molecule has 2 amide bonds. The topological polar surface area (TPSA) is 79.9 Å². The summed E-state index contributed by atoms with van der Waals surface area (Å²) in [6.45, 7) is 2.32. The van der Waals surface area contributed by atoms with Crippen LogP contribution in [0.3, 0.4) is 0 Å². The lowest BCUT2D eigenvalue weighted by Gasteiger charge is -2.17. The number of nitrogens with zero attached hydrogens (tertiary/aromatic N) is 1. The number of nitrogens with one attached hydrogen (secondary N) is 2. The molecule has 3 aromatic carbocycles. The van der Waals surface area contributed by atoms with E-state index in [2.05, 4.69) is 27.7 Å². The molecule has 1 fully saturated rings. The minimum Gasteiger partial charge on any atom is -0.493 e. The number of anilines is 1. The van der Waals surface area contributed by atoms with E-state index in [1.807, 2.05) is 18.2 Å². The van der Waals surface area contributed by atoms with Crippen LogP contribution in [0, 0.1) is 5.82 Å². The predicted molar refractivity (Wildman–Crippen MR) is 131 cm³/mol. The molecule has 8 heteroatoms. The van der Waals surface area contributed by atoms with E-state index in [9.17, 15) is 14.0 Å². The van der Waals surface area contributed by atoms with E-state index in [4.69, 9.17) is 9.47 Å². The van der Waals surface area contributed by atoms with Crippen molar-refractivity contribution in [1.29, 1.82) is 0 Å². The van der Waals surface area contributed by atoms with Crippen molar-refractivity contribution in [3.63, 3.8) is 0 Å². The van der Waals surface area contributed by atoms with E-state index < -0.39 is 5.91 Å². The number of likely N-dealkylation sites (tertiary alicyclic amines) is 1. The Balaban J connectivity index is 1.29. The maximum absolute atomic E-state index is 13.0. The molecule has 3 aromatic rings. The molecule has 0 unspecified atom stereocenters. The fourth-order valence-corrected chi connectivity index (χ4v) is 4.01. The monoisotopic (exact) mass is 477 g/mol. The minimum atomic E-state index is -0.401. The van der Waals surface area contributed by atoms with Crippen LogP contribution in [0.15, 0.2) is 72.8 Å². The number of carbonyl (C=O) groups excluding carboxylic acids is 2. The van der Waals surface area contributed by atoms with Gasteiger partial charge in [0.1, 0.15) is 5.82 Å².